The first-order valence-electron chi connectivity index (χ1n) is 12.2. The zero-order chi connectivity index (χ0) is 26.4. The number of hydrogen-bond acceptors (Lipinski definition) is 6. The highest BCUT2D eigenvalue weighted by atomic mass is 32.1. The van der Waals surface area contributed by atoms with Gasteiger partial charge in [-0.1, -0.05) is 30.3 Å². The van der Waals surface area contributed by atoms with Gasteiger partial charge in [0.2, 0.25) is 5.91 Å². The van der Waals surface area contributed by atoms with Crippen LogP contribution in [-0.4, -0.2) is 52.5 Å². The van der Waals surface area contributed by atoms with Crippen molar-refractivity contribution in [2.24, 2.45) is 0 Å². The quantitative estimate of drug-likeness (QED) is 0.334. The van der Waals surface area contributed by atoms with E-state index in [0.717, 1.165) is 33.9 Å². The molecule has 2 unspecified atom stereocenters. The second-order valence-electron chi connectivity index (χ2n) is 9.12. The summed E-state index contributed by atoms with van der Waals surface area (Å²) in [5, 5.41) is 20.6. The van der Waals surface area contributed by atoms with Gasteiger partial charge in [0.05, 0.1) is 24.6 Å². The molecule has 1 aromatic heterocycles. The first-order valence-corrected chi connectivity index (χ1v) is 13.1. The maximum absolute atomic E-state index is 13.3. The van der Waals surface area contributed by atoms with Gasteiger partial charge < -0.3 is 26.0 Å². The summed E-state index contributed by atoms with van der Waals surface area (Å²) in [5.74, 6) is -0.848. The van der Waals surface area contributed by atoms with E-state index in [4.69, 9.17) is 5.11 Å². The fourth-order valence-electron chi connectivity index (χ4n) is 4.36. The fourth-order valence-corrected chi connectivity index (χ4v) is 5.34. The highest BCUT2D eigenvalue weighted by Gasteiger charge is 2.37. The number of nitrogens with zero attached hydrogens (tertiary/aromatic N) is 2. The lowest BCUT2D eigenvalue weighted by Gasteiger charge is -2.23. The van der Waals surface area contributed by atoms with Crippen molar-refractivity contribution in [3.8, 4) is 0 Å². The van der Waals surface area contributed by atoms with Gasteiger partial charge in [-0.2, -0.15) is 0 Å². The number of aryl methyl sites for hydroxylation is 2. The molecule has 3 aromatic rings. The van der Waals surface area contributed by atoms with Gasteiger partial charge in [0.1, 0.15) is 5.01 Å². The second kappa shape index (κ2) is 12.0. The van der Waals surface area contributed by atoms with Crippen LogP contribution in [0.1, 0.15) is 40.7 Å². The molecular weight excluding hydrogens is 490 g/mol. The van der Waals surface area contributed by atoms with E-state index in [0.29, 0.717) is 18.7 Å². The molecule has 9 nitrogen and oxygen atoms in total. The molecule has 10 heteroatoms. The van der Waals surface area contributed by atoms with Crippen LogP contribution in [0.4, 0.5) is 16.2 Å². The summed E-state index contributed by atoms with van der Waals surface area (Å²) in [7, 11) is 1.89. The van der Waals surface area contributed by atoms with E-state index in [-0.39, 0.29) is 36.9 Å². The average Bonchev–Trinajstić information content (AvgIpc) is 3.52. The number of likely N-dealkylation sites (tertiary alicyclic amines) is 1. The van der Waals surface area contributed by atoms with Gasteiger partial charge in [0, 0.05) is 35.8 Å². The molecule has 2 heterocycles. The highest BCUT2D eigenvalue weighted by molar-refractivity contribution is 7.09. The number of amides is 3. The average molecular weight is 522 g/mol. The van der Waals surface area contributed by atoms with Gasteiger partial charge in [0.15, 0.2) is 0 Å². The first kappa shape index (κ1) is 26.3. The molecule has 0 bridgehead atoms. The van der Waals surface area contributed by atoms with E-state index in [9.17, 15) is 14.4 Å². The van der Waals surface area contributed by atoms with Crippen molar-refractivity contribution < 1.29 is 19.5 Å². The minimum atomic E-state index is -0.851. The van der Waals surface area contributed by atoms with E-state index in [1.807, 2.05) is 60.6 Å². The van der Waals surface area contributed by atoms with Crippen LogP contribution in [0.25, 0.3) is 0 Å². The largest absolute Gasteiger partial charge is 0.481 e. The Kier molecular flexibility index (Phi) is 8.52. The lowest BCUT2D eigenvalue weighted by atomic mass is 10.1. The van der Waals surface area contributed by atoms with E-state index in [1.54, 1.807) is 12.1 Å². The Morgan fingerprint density at radius 3 is 2.57 bits per heavy atom. The summed E-state index contributed by atoms with van der Waals surface area (Å²) in [6.45, 7) is 2.51. The van der Waals surface area contributed by atoms with E-state index in [2.05, 4.69) is 20.9 Å². The number of carboxylic acids is 1. The van der Waals surface area contributed by atoms with Crippen molar-refractivity contribution in [2.45, 2.75) is 44.7 Å². The van der Waals surface area contributed by atoms with Gasteiger partial charge in [-0.05, 0) is 49.7 Å². The zero-order valence-electron chi connectivity index (χ0n) is 20.9. The molecule has 2 aromatic carbocycles. The molecule has 0 saturated carbocycles. The number of rotatable bonds is 9. The monoisotopic (exact) mass is 521 g/mol. The number of urea groups is 1. The molecule has 0 radical (unpaired) electrons. The van der Waals surface area contributed by atoms with Crippen molar-refractivity contribution in [1.82, 2.24) is 15.2 Å². The number of anilines is 2. The Bertz CT molecular complexity index is 1260. The molecule has 1 aliphatic heterocycles. The number of hydrogen-bond donors (Lipinski definition) is 4. The van der Waals surface area contributed by atoms with Crippen molar-refractivity contribution in [3.05, 3.63) is 75.7 Å². The molecule has 1 saturated heterocycles. The lowest BCUT2D eigenvalue weighted by Crippen LogP contribution is -2.35. The van der Waals surface area contributed by atoms with E-state index < -0.39 is 5.97 Å². The second-order valence-corrected chi connectivity index (χ2v) is 10.0. The summed E-state index contributed by atoms with van der Waals surface area (Å²) in [4.78, 5) is 43.0. The maximum atomic E-state index is 13.3. The highest BCUT2D eigenvalue weighted by Crippen LogP contribution is 2.34. The van der Waals surface area contributed by atoms with Crippen molar-refractivity contribution in [3.63, 3.8) is 0 Å². The third kappa shape index (κ3) is 6.93. The predicted molar refractivity (Wildman–Crippen MR) is 144 cm³/mol. The standard InChI is InChI=1S/C27H31N5O4S/c1-17-5-3-4-6-22(17)31-27(36)30-19-9-7-18(8-10-19)13-24(33)32-15-21(28-2)14-23(32)26-29-20(16-37-26)11-12-25(34)35/h3-10,16,21,23,28H,11-15H2,1-2H3,(H,34,35)(H2,30,31,36). The van der Waals surface area contributed by atoms with Crippen LogP contribution in [0.15, 0.2) is 53.9 Å². The van der Waals surface area contributed by atoms with Crippen molar-refractivity contribution >= 4 is 40.6 Å². The summed E-state index contributed by atoms with van der Waals surface area (Å²) in [5.41, 5.74) is 3.95. The molecule has 4 N–H and O–H groups in total. The van der Waals surface area contributed by atoms with Crippen LogP contribution in [-0.2, 0) is 22.4 Å². The lowest BCUT2D eigenvalue weighted by molar-refractivity contribution is -0.137. The Morgan fingerprint density at radius 1 is 1.11 bits per heavy atom. The zero-order valence-corrected chi connectivity index (χ0v) is 21.7. The Hall–Kier alpha value is -3.76. The number of likely N-dealkylation sites (N-methyl/N-ethyl adjacent to an activating group) is 1. The van der Waals surface area contributed by atoms with Crippen LogP contribution >= 0.6 is 11.3 Å². The maximum Gasteiger partial charge on any atom is 0.323 e. The number of nitrogens with one attached hydrogen (secondary N) is 3. The smallest absolute Gasteiger partial charge is 0.323 e. The number of para-hydroxylation sites is 1. The number of carboxylic acid groups (broad SMARTS) is 1. The number of thiazole rings is 1. The molecule has 3 amide bonds. The Balaban J connectivity index is 1.37. The number of carbonyl (C=O) groups is 3. The topological polar surface area (TPSA) is 124 Å². The minimum absolute atomic E-state index is 0.00282. The van der Waals surface area contributed by atoms with Gasteiger partial charge >= 0.3 is 12.0 Å². The summed E-state index contributed by atoms with van der Waals surface area (Å²) in [6, 6.07) is 14.5. The number of aromatic nitrogens is 1. The SMILES string of the molecule is CNC1CC(c2nc(CCC(=O)O)cs2)N(C(=O)Cc2ccc(NC(=O)Nc3ccccc3C)cc2)C1. The van der Waals surface area contributed by atoms with Gasteiger partial charge in [-0.25, -0.2) is 9.78 Å². The molecule has 194 valence electrons. The number of carbonyl (C=O) groups excluding carboxylic acids is 2. The van der Waals surface area contributed by atoms with Gasteiger partial charge in [0.25, 0.3) is 0 Å². The van der Waals surface area contributed by atoms with Gasteiger partial charge in [-0.3, -0.25) is 9.59 Å². The normalized spacial score (nSPS) is 17.0. The number of benzene rings is 2. The molecule has 2 atom stereocenters. The van der Waals surface area contributed by atoms with Crippen LogP contribution in [0, 0.1) is 6.92 Å². The first-order chi connectivity index (χ1) is 17.8. The van der Waals surface area contributed by atoms with Crippen LogP contribution in [0.2, 0.25) is 0 Å². The molecule has 4 rings (SSSR count). The Morgan fingerprint density at radius 2 is 1.86 bits per heavy atom. The summed E-state index contributed by atoms with van der Waals surface area (Å²) in [6.07, 6.45) is 1.41. The van der Waals surface area contributed by atoms with E-state index >= 15 is 0 Å². The van der Waals surface area contributed by atoms with Crippen molar-refractivity contribution in [2.75, 3.05) is 24.2 Å². The van der Waals surface area contributed by atoms with Crippen LogP contribution < -0.4 is 16.0 Å². The van der Waals surface area contributed by atoms with Crippen LogP contribution in [0.5, 0.6) is 0 Å². The Labute approximate surface area is 219 Å². The summed E-state index contributed by atoms with van der Waals surface area (Å²) < 4.78 is 0. The third-order valence-electron chi connectivity index (χ3n) is 6.44. The minimum Gasteiger partial charge on any atom is -0.481 e. The van der Waals surface area contributed by atoms with Crippen molar-refractivity contribution in [1.29, 1.82) is 0 Å². The molecular formula is C27H31N5O4S. The fraction of sp³-hybridized carbons (Fsp3) is 0.333. The molecule has 37 heavy (non-hydrogen) atoms. The third-order valence-corrected chi connectivity index (χ3v) is 7.43. The van der Waals surface area contributed by atoms with Crippen LogP contribution in [0.3, 0.4) is 0 Å². The summed E-state index contributed by atoms with van der Waals surface area (Å²) >= 11 is 1.48. The molecule has 1 fully saturated rings. The predicted octanol–water partition coefficient (Wildman–Crippen LogP) is 4.22. The molecule has 0 spiro atoms. The molecule has 1 aliphatic rings. The number of aliphatic carboxylic acids is 1. The van der Waals surface area contributed by atoms with Gasteiger partial charge in [-0.15, -0.1) is 11.3 Å². The molecule has 0 aliphatic carbocycles. The van der Waals surface area contributed by atoms with E-state index in [1.165, 1.54) is 11.3 Å².